The highest BCUT2D eigenvalue weighted by Gasteiger charge is 2.06. The van der Waals surface area contributed by atoms with Crippen molar-refractivity contribution in [3.63, 3.8) is 0 Å². The molecule has 1 rings (SSSR count). The predicted molar refractivity (Wildman–Crippen MR) is 51.9 cm³/mol. The Bertz CT molecular complexity index is 333. The molecule has 0 unspecified atom stereocenters. The van der Waals surface area contributed by atoms with Gasteiger partial charge in [0.05, 0.1) is 5.69 Å². The van der Waals surface area contributed by atoms with E-state index >= 15 is 0 Å². The molecule has 0 aliphatic heterocycles. The van der Waals surface area contributed by atoms with Crippen molar-refractivity contribution in [1.29, 1.82) is 10.9 Å². The van der Waals surface area contributed by atoms with E-state index in [-0.39, 0.29) is 5.84 Å². The average Bonchev–Trinajstić information content (AvgIpc) is 2.04. The van der Waals surface area contributed by atoms with E-state index in [1.165, 1.54) is 5.01 Å². The summed E-state index contributed by atoms with van der Waals surface area (Å²) in [6.07, 6.45) is 0. The lowest BCUT2D eigenvalue weighted by molar-refractivity contribution is 0.935. The topological polar surface area (TPSA) is 89.3 Å². The van der Waals surface area contributed by atoms with Gasteiger partial charge in [0.25, 0.3) is 0 Å². The molecule has 0 amide bonds. The summed E-state index contributed by atoms with van der Waals surface area (Å²) in [5.74, 6) is 0.181. The fourth-order valence-corrected chi connectivity index (χ4v) is 0.983. The van der Waals surface area contributed by atoms with Gasteiger partial charge in [0.1, 0.15) is 5.84 Å². The molecule has 0 fully saturated rings. The minimum atomic E-state index is 0.181. The lowest BCUT2D eigenvalue weighted by Gasteiger charge is -2.14. The molecule has 0 aromatic heterocycles. The fourth-order valence-electron chi connectivity index (χ4n) is 0.983. The van der Waals surface area contributed by atoms with Gasteiger partial charge in [-0.15, -0.1) is 0 Å². The summed E-state index contributed by atoms with van der Waals surface area (Å²) < 4.78 is 0. The normalized spacial score (nSPS) is 9.31. The van der Waals surface area contributed by atoms with Crippen molar-refractivity contribution in [2.75, 3.05) is 10.7 Å². The van der Waals surface area contributed by atoms with E-state index in [4.69, 9.17) is 16.7 Å². The Morgan fingerprint density at radius 1 is 1.54 bits per heavy atom. The van der Waals surface area contributed by atoms with Crippen molar-refractivity contribution in [2.45, 2.75) is 6.92 Å². The summed E-state index contributed by atoms with van der Waals surface area (Å²) in [7, 11) is 0. The first-order valence-electron chi connectivity index (χ1n) is 3.73. The summed E-state index contributed by atoms with van der Waals surface area (Å²) in [4.78, 5) is 0. The summed E-state index contributed by atoms with van der Waals surface area (Å²) in [5, 5.41) is 11.7. The fraction of sp³-hybridized carbons (Fsp3) is 0.125. The van der Waals surface area contributed by atoms with Crippen molar-refractivity contribution in [2.24, 2.45) is 5.22 Å². The average molecular weight is 177 g/mol. The molecule has 5 nitrogen and oxygen atoms in total. The molecule has 0 heterocycles. The molecule has 0 radical (unpaired) electrons. The Hall–Kier alpha value is -1.91. The molecule has 0 saturated carbocycles. The molecule has 0 spiro atoms. The van der Waals surface area contributed by atoms with Gasteiger partial charge in [-0.3, -0.25) is 5.41 Å². The minimum absolute atomic E-state index is 0.181. The van der Waals surface area contributed by atoms with Crippen LogP contribution in [0, 0.1) is 10.9 Å². The van der Waals surface area contributed by atoms with Crippen LogP contribution in [0.3, 0.4) is 0 Å². The number of rotatable bonds is 2. The van der Waals surface area contributed by atoms with Crippen LogP contribution in [0.25, 0.3) is 0 Å². The van der Waals surface area contributed by atoms with Gasteiger partial charge in [0.15, 0.2) is 0 Å². The van der Waals surface area contributed by atoms with Crippen LogP contribution in [0.1, 0.15) is 6.92 Å². The molecule has 0 aliphatic rings. The summed E-state index contributed by atoms with van der Waals surface area (Å²) in [6, 6.07) is 6.90. The zero-order valence-electron chi connectivity index (χ0n) is 7.28. The van der Waals surface area contributed by atoms with Crippen LogP contribution in [0.15, 0.2) is 29.5 Å². The van der Waals surface area contributed by atoms with E-state index < -0.39 is 0 Å². The van der Waals surface area contributed by atoms with E-state index in [2.05, 4.69) is 5.22 Å². The molecular formula is C8H11N5. The Labute approximate surface area is 76.2 Å². The Balaban J connectivity index is 3.04. The van der Waals surface area contributed by atoms with E-state index in [9.17, 15) is 0 Å². The molecule has 5 heteroatoms. The van der Waals surface area contributed by atoms with Crippen LogP contribution in [0.2, 0.25) is 0 Å². The van der Waals surface area contributed by atoms with Crippen molar-refractivity contribution in [3.8, 4) is 0 Å². The number of nitrogens with one attached hydrogen (secondary N) is 2. The number of hydrogen-bond donors (Lipinski definition) is 3. The van der Waals surface area contributed by atoms with Crippen molar-refractivity contribution in [1.82, 2.24) is 0 Å². The van der Waals surface area contributed by atoms with Crippen LogP contribution in [0.5, 0.6) is 0 Å². The van der Waals surface area contributed by atoms with Crippen molar-refractivity contribution < 1.29 is 0 Å². The molecular weight excluding hydrogens is 166 g/mol. The number of amidine groups is 1. The molecule has 0 aliphatic carbocycles. The molecule has 1 aromatic carbocycles. The quantitative estimate of drug-likeness (QED) is 0.212. The third-order valence-corrected chi connectivity index (χ3v) is 1.53. The highest BCUT2D eigenvalue weighted by atomic mass is 15.5. The van der Waals surface area contributed by atoms with Gasteiger partial charge >= 0.3 is 0 Å². The molecule has 0 bridgehead atoms. The van der Waals surface area contributed by atoms with Crippen LogP contribution in [-0.2, 0) is 0 Å². The SMILES string of the molecule is CC(=N)N(N=N)c1cccc(N)c1. The van der Waals surface area contributed by atoms with Gasteiger partial charge in [-0.1, -0.05) is 11.3 Å². The second kappa shape index (κ2) is 3.66. The smallest absolute Gasteiger partial charge is 0.121 e. The largest absolute Gasteiger partial charge is 0.399 e. The second-order valence-corrected chi connectivity index (χ2v) is 2.59. The van der Waals surface area contributed by atoms with E-state index in [1.54, 1.807) is 31.2 Å². The maximum atomic E-state index is 7.33. The summed E-state index contributed by atoms with van der Waals surface area (Å²) in [5.41, 5.74) is 13.6. The highest BCUT2D eigenvalue weighted by Crippen LogP contribution is 2.17. The van der Waals surface area contributed by atoms with Gasteiger partial charge in [-0.2, -0.15) is 5.53 Å². The number of benzene rings is 1. The van der Waals surface area contributed by atoms with Crippen molar-refractivity contribution >= 4 is 17.2 Å². The van der Waals surface area contributed by atoms with Gasteiger partial charge in [-0.05, 0) is 25.1 Å². The molecule has 13 heavy (non-hydrogen) atoms. The number of nitrogens with zero attached hydrogens (tertiary/aromatic N) is 2. The van der Waals surface area contributed by atoms with Gasteiger partial charge < -0.3 is 5.73 Å². The lowest BCUT2D eigenvalue weighted by atomic mass is 10.3. The maximum absolute atomic E-state index is 7.33. The molecule has 4 N–H and O–H groups in total. The second-order valence-electron chi connectivity index (χ2n) is 2.59. The minimum Gasteiger partial charge on any atom is -0.399 e. The number of nitrogen functional groups attached to an aromatic ring is 1. The Morgan fingerprint density at radius 3 is 2.69 bits per heavy atom. The van der Waals surface area contributed by atoms with Crippen LogP contribution < -0.4 is 10.7 Å². The number of nitrogens with two attached hydrogens (primary N) is 1. The number of anilines is 2. The standard InChI is InChI=1S/C8H11N5/c1-6(9)13(12-11)8-4-2-3-7(10)5-8/h2-5,9,11H,10H2,1H3. The van der Waals surface area contributed by atoms with E-state index in [1.807, 2.05) is 0 Å². The third kappa shape index (κ3) is 2.02. The van der Waals surface area contributed by atoms with E-state index in [0.717, 1.165) is 0 Å². The zero-order valence-corrected chi connectivity index (χ0v) is 7.28. The number of hydrogen-bond acceptors (Lipinski definition) is 4. The molecule has 68 valence electrons. The van der Waals surface area contributed by atoms with Gasteiger partial charge in [0, 0.05) is 5.69 Å². The zero-order chi connectivity index (χ0) is 9.84. The first-order valence-corrected chi connectivity index (χ1v) is 3.73. The molecule has 0 saturated heterocycles. The third-order valence-electron chi connectivity index (χ3n) is 1.53. The van der Waals surface area contributed by atoms with Gasteiger partial charge in [-0.25, -0.2) is 5.01 Å². The Kier molecular flexibility index (Phi) is 2.59. The predicted octanol–water partition coefficient (Wildman–Crippen LogP) is 2.02. The first kappa shape index (κ1) is 9.18. The molecule has 1 aromatic rings. The van der Waals surface area contributed by atoms with Crippen molar-refractivity contribution in [3.05, 3.63) is 24.3 Å². The van der Waals surface area contributed by atoms with Crippen LogP contribution in [0.4, 0.5) is 11.4 Å². The van der Waals surface area contributed by atoms with E-state index in [0.29, 0.717) is 11.4 Å². The monoisotopic (exact) mass is 177 g/mol. The van der Waals surface area contributed by atoms with Crippen LogP contribution in [-0.4, -0.2) is 5.84 Å². The highest BCUT2D eigenvalue weighted by molar-refractivity contribution is 5.93. The molecule has 0 atom stereocenters. The first-order chi connectivity index (χ1) is 6.15. The lowest BCUT2D eigenvalue weighted by Crippen LogP contribution is -2.20. The van der Waals surface area contributed by atoms with Crippen LogP contribution >= 0.6 is 0 Å². The summed E-state index contributed by atoms with van der Waals surface area (Å²) >= 11 is 0. The Morgan fingerprint density at radius 2 is 2.23 bits per heavy atom. The van der Waals surface area contributed by atoms with Gasteiger partial charge in [0.2, 0.25) is 0 Å². The summed E-state index contributed by atoms with van der Waals surface area (Å²) in [6.45, 7) is 1.56. The maximum Gasteiger partial charge on any atom is 0.121 e.